The molecule has 0 radical (unpaired) electrons. The SMILES string of the molecule is CCOC(=O)C1=C(COC(=O)c2sc(-c3ccsc3)nc2C)NC(=O)NC1c1ccccc1. The number of nitrogens with one attached hydrogen (secondary N) is 2. The van der Waals surface area contributed by atoms with Crippen molar-refractivity contribution in [2.75, 3.05) is 13.2 Å². The van der Waals surface area contributed by atoms with Gasteiger partial charge in [-0.3, -0.25) is 0 Å². The Labute approximate surface area is 198 Å². The van der Waals surface area contributed by atoms with E-state index in [9.17, 15) is 14.4 Å². The maximum absolute atomic E-state index is 12.8. The molecule has 0 bridgehead atoms. The monoisotopic (exact) mass is 483 g/mol. The molecular weight excluding hydrogens is 462 g/mol. The maximum atomic E-state index is 12.8. The van der Waals surface area contributed by atoms with E-state index in [0.717, 1.165) is 10.6 Å². The van der Waals surface area contributed by atoms with Crippen LogP contribution in [0.3, 0.4) is 0 Å². The van der Waals surface area contributed by atoms with Gasteiger partial charge >= 0.3 is 18.0 Å². The lowest BCUT2D eigenvalue weighted by Gasteiger charge is -2.29. The van der Waals surface area contributed by atoms with Crippen LogP contribution in [0.5, 0.6) is 0 Å². The minimum atomic E-state index is -0.733. The molecule has 2 N–H and O–H groups in total. The highest BCUT2D eigenvalue weighted by molar-refractivity contribution is 7.17. The van der Waals surface area contributed by atoms with Crippen LogP contribution in [-0.4, -0.2) is 36.2 Å². The fourth-order valence-corrected chi connectivity index (χ4v) is 5.05. The van der Waals surface area contributed by atoms with E-state index in [2.05, 4.69) is 15.6 Å². The molecule has 0 fully saturated rings. The van der Waals surface area contributed by atoms with Gasteiger partial charge in [0, 0.05) is 10.9 Å². The fraction of sp³-hybridized carbons (Fsp3) is 0.217. The molecule has 2 aromatic heterocycles. The molecule has 33 heavy (non-hydrogen) atoms. The van der Waals surface area contributed by atoms with Crippen LogP contribution in [0.2, 0.25) is 0 Å². The summed E-state index contributed by atoms with van der Waals surface area (Å²) in [6, 6.07) is 9.75. The molecule has 0 saturated heterocycles. The highest BCUT2D eigenvalue weighted by Gasteiger charge is 2.34. The van der Waals surface area contributed by atoms with E-state index < -0.39 is 24.0 Å². The van der Waals surface area contributed by atoms with Gasteiger partial charge in [0.15, 0.2) is 0 Å². The quantitative estimate of drug-likeness (QED) is 0.488. The number of thiazole rings is 1. The molecule has 3 heterocycles. The lowest BCUT2D eigenvalue weighted by Crippen LogP contribution is -2.47. The van der Waals surface area contributed by atoms with Crippen LogP contribution >= 0.6 is 22.7 Å². The minimum absolute atomic E-state index is 0.163. The number of carbonyl (C=O) groups is 3. The summed E-state index contributed by atoms with van der Waals surface area (Å²) in [4.78, 5) is 42.8. The number of thiophene rings is 1. The number of aromatic nitrogens is 1. The second-order valence-corrected chi connectivity index (χ2v) is 8.86. The first-order valence-electron chi connectivity index (χ1n) is 10.2. The number of hydrogen-bond acceptors (Lipinski definition) is 8. The van der Waals surface area contributed by atoms with E-state index >= 15 is 0 Å². The third-order valence-electron chi connectivity index (χ3n) is 4.88. The van der Waals surface area contributed by atoms with Crippen molar-refractivity contribution >= 4 is 40.6 Å². The van der Waals surface area contributed by atoms with Crippen LogP contribution < -0.4 is 10.6 Å². The van der Waals surface area contributed by atoms with Crippen molar-refractivity contribution < 1.29 is 23.9 Å². The van der Waals surface area contributed by atoms with Gasteiger partial charge in [0.1, 0.15) is 16.5 Å². The third kappa shape index (κ3) is 4.96. The summed E-state index contributed by atoms with van der Waals surface area (Å²) >= 11 is 2.79. The molecule has 2 amide bonds. The number of carbonyl (C=O) groups excluding carboxylic acids is 3. The average molecular weight is 484 g/mol. The van der Waals surface area contributed by atoms with Gasteiger partial charge in [-0.25, -0.2) is 19.4 Å². The maximum Gasteiger partial charge on any atom is 0.350 e. The summed E-state index contributed by atoms with van der Waals surface area (Å²) in [7, 11) is 0. The van der Waals surface area contributed by atoms with Gasteiger partial charge in [0.05, 0.1) is 29.6 Å². The Kier molecular flexibility index (Phi) is 6.85. The van der Waals surface area contributed by atoms with E-state index in [1.807, 2.05) is 35.0 Å². The summed E-state index contributed by atoms with van der Waals surface area (Å²) in [5.74, 6) is -1.18. The molecule has 1 atom stereocenters. The molecule has 4 rings (SSSR count). The molecular formula is C23H21N3O5S2. The van der Waals surface area contributed by atoms with Crippen LogP contribution in [0.4, 0.5) is 4.79 Å². The number of aryl methyl sites for hydroxylation is 1. The molecule has 1 aromatic carbocycles. The Hall–Kier alpha value is -3.50. The Morgan fingerprint density at radius 1 is 1.12 bits per heavy atom. The van der Waals surface area contributed by atoms with Crippen LogP contribution in [-0.2, 0) is 14.3 Å². The lowest BCUT2D eigenvalue weighted by molar-refractivity contribution is -0.139. The minimum Gasteiger partial charge on any atom is -0.463 e. The fourth-order valence-electron chi connectivity index (χ4n) is 3.38. The summed E-state index contributed by atoms with van der Waals surface area (Å²) in [5.41, 5.74) is 2.58. The highest BCUT2D eigenvalue weighted by atomic mass is 32.1. The van der Waals surface area contributed by atoms with E-state index in [-0.39, 0.29) is 24.5 Å². The van der Waals surface area contributed by atoms with E-state index in [1.165, 1.54) is 11.3 Å². The second-order valence-electron chi connectivity index (χ2n) is 7.08. The van der Waals surface area contributed by atoms with Gasteiger partial charge in [-0.2, -0.15) is 11.3 Å². The lowest BCUT2D eigenvalue weighted by atomic mass is 9.95. The summed E-state index contributed by atoms with van der Waals surface area (Å²) in [6.45, 7) is 3.30. The van der Waals surface area contributed by atoms with E-state index in [4.69, 9.17) is 9.47 Å². The van der Waals surface area contributed by atoms with Crippen molar-refractivity contribution in [3.8, 4) is 10.6 Å². The van der Waals surface area contributed by atoms with Gasteiger partial charge < -0.3 is 20.1 Å². The van der Waals surface area contributed by atoms with Crippen LogP contribution in [0.1, 0.15) is 33.9 Å². The molecule has 170 valence electrons. The number of rotatable bonds is 7. The molecule has 0 aliphatic carbocycles. The largest absolute Gasteiger partial charge is 0.463 e. The van der Waals surface area contributed by atoms with Crippen molar-refractivity contribution in [1.29, 1.82) is 0 Å². The normalized spacial score (nSPS) is 15.6. The number of benzene rings is 1. The standard InChI is InChI=1S/C23H21N3O5S2/c1-3-30-21(27)17-16(25-23(29)26-18(17)14-7-5-4-6-8-14)11-31-22(28)19-13(2)24-20(33-19)15-9-10-32-12-15/h4-10,12,18H,3,11H2,1-2H3,(H2,25,26,29). The first-order chi connectivity index (χ1) is 16.0. The molecule has 8 nitrogen and oxygen atoms in total. The zero-order valence-electron chi connectivity index (χ0n) is 17.9. The van der Waals surface area contributed by atoms with Gasteiger partial charge in [-0.15, -0.1) is 11.3 Å². The van der Waals surface area contributed by atoms with Crippen molar-refractivity contribution in [3.05, 3.63) is 74.6 Å². The van der Waals surface area contributed by atoms with Crippen LogP contribution in [0.25, 0.3) is 10.6 Å². The Bertz CT molecular complexity index is 1200. The van der Waals surface area contributed by atoms with Crippen molar-refractivity contribution in [3.63, 3.8) is 0 Å². The van der Waals surface area contributed by atoms with Crippen molar-refractivity contribution in [2.45, 2.75) is 19.9 Å². The molecule has 1 aliphatic rings. The zero-order valence-corrected chi connectivity index (χ0v) is 19.5. The Balaban J connectivity index is 1.60. The number of esters is 2. The average Bonchev–Trinajstić information content (AvgIpc) is 3.47. The summed E-state index contributed by atoms with van der Waals surface area (Å²) < 4.78 is 10.7. The Morgan fingerprint density at radius 2 is 1.91 bits per heavy atom. The van der Waals surface area contributed by atoms with E-state index in [1.54, 1.807) is 37.3 Å². The van der Waals surface area contributed by atoms with Crippen LogP contribution in [0, 0.1) is 6.92 Å². The van der Waals surface area contributed by atoms with Crippen LogP contribution in [0.15, 0.2) is 58.4 Å². The molecule has 1 aliphatic heterocycles. The van der Waals surface area contributed by atoms with Crippen molar-refractivity contribution in [2.24, 2.45) is 0 Å². The highest BCUT2D eigenvalue weighted by Crippen LogP contribution is 2.31. The molecule has 10 heteroatoms. The molecule has 0 spiro atoms. The number of urea groups is 1. The number of amides is 2. The number of hydrogen-bond donors (Lipinski definition) is 2. The molecule has 1 unspecified atom stereocenters. The van der Waals surface area contributed by atoms with Gasteiger partial charge in [0.25, 0.3) is 0 Å². The topological polar surface area (TPSA) is 107 Å². The Morgan fingerprint density at radius 3 is 2.61 bits per heavy atom. The smallest absolute Gasteiger partial charge is 0.350 e. The second kappa shape index (κ2) is 9.97. The summed E-state index contributed by atoms with van der Waals surface area (Å²) in [5, 5.41) is 9.96. The summed E-state index contributed by atoms with van der Waals surface area (Å²) in [6.07, 6.45) is 0. The first kappa shape index (κ1) is 22.7. The van der Waals surface area contributed by atoms with Crippen molar-refractivity contribution in [1.82, 2.24) is 15.6 Å². The molecule has 3 aromatic rings. The number of nitrogens with zero attached hydrogens (tertiary/aromatic N) is 1. The predicted molar refractivity (Wildman–Crippen MR) is 125 cm³/mol. The third-order valence-corrected chi connectivity index (χ3v) is 6.75. The van der Waals surface area contributed by atoms with Gasteiger partial charge in [-0.05, 0) is 30.9 Å². The zero-order chi connectivity index (χ0) is 23.4. The predicted octanol–water partition coefficient (Wildman–Crippen LogP) is 4.21. The number of ether oxygens (including phenoxy) is 2. The van der Waals surface area contributed by atoms with E-state index in [0.29, 0.717) is 16.1 Å². The van der Waals surface area contributed by atoms with Gasteiger partial charge in [-0.1, -0.05) is 30.3 Å². The van der Waals surface area contributed by atoms with Gasteiger partial charge in [0.2, 0.25) is 0 Å². The first-order valence-corrected chi connectivity index (χ1v) is 11.9. The molecule has 0 saturated carbocycles.